The molecule has 2 aromatic carbocycles. The Bertz CT molecular complexity index is 1710. The number of anilines is 1. The van der Waals surface area contributed by atoms with Crippen LogP contribution in [-0.4, -0.2) is 99.6 Å². The second-order valence-electron chi connectivity index (χ2n) is 12.5. The van der Waals surface area contributed by atoms with Gasteiger partial charge in [-0.05, 0) is 42.5 Å². The molecule has 0 radical (unpaired) electrons. The Morgan fingerprint density at radius 1 is 1.04 bits per heavy atom. The van der Waals surface area contributed by atoms with Crippen molar-refractivity contribution in [3.8, 4) is 23.3 Å². The molecule has 49 heavy (non-hydrogen) atoms. The largest absolute Gasteiger partial charge is 0.493 e. The van der Waals surface area contributed by atoms with Crippen LogP contribution in [0, 0.1) is 17.2 Å². The highest BCUT2D eigenvalue weighted by molar-refractivity contribution is 5.92. The van der Waals surface area contributed by atoms with Crippen molar-refractivity contribution in [3.05, 3.63) is 53.1 Å². The molecular formula is C36H45N7O6. The van der Waals surface area contributed by atoms with Gasteiger partial charge in [-0.3, -0.25) is 19.3 Å². The number of rotatable bonds is 7. The number of nitrogens with one attached hydrogen (secondary N) is 2. The molecule has 0 saturated carbocycles. The third-order valence-electron chi connectivity index (χ3n) is 9.10. The van der Waals surface area contributed by atoms with Crippen LogP contribution < -0.4 is 29.7 Å². The second-order valence-corrected chi connectivity index (χ2v) is 12.5. The summed E-state index contributed by atoms with van der Waals surface area (Å²) in [6.45, 7) is 5.35. The average molecular weight is 672 g/mol. The fraction of sp³-hybridized carbons (Fsp3) is 0.472. The zero-order valence-electron chi connectivity index (χ0n) is 28.7. The predicted molar refractivity (Wildman–Crippen MR) is 184 cm³/mol. The molecule has 0 spiro atoms. The third-order valence-corrected chi connectivity index (χ3v) is 9.10. The van der Waals surface area contributed by atoms with E-state index in [1.54, 1.807) is 38.4 Å². The average Bonchev–Trinajstić information content (AvgIpc) is 3.11. The van der Waals surface area contributed by atoms with E-state index in [1.165, 1.54) is 6.92 Å². The number of carbonyl (C=O) groups is 3. The monoisotopic (exact) mass is 671 g/mol. The summed E-state index contributed by atoms with van der Waals surface area (Å²) in [6, 6.07) is 13.6. The normalized spacial score (nSPS) is 17.5. The zero-order chi connectivity index (χ0) is 34.9. The molecule has 2 aliphatic heterocycles. The van der Waals surface area contributed by atoms with Crippen molar-refractivity contribution in [2.24, 2.45) is 5.92 Å². The first-order chi connectivity index (χ1) is 23.7. The van der Waals surface area contributed by atoms with E-state index >= 15 is 0 Å². The van der Waals surface area contributed by atoms with Crippen molar-refractivity contribution >= 4 is 34.4 Å². The summed E-state index contributed by atoms with van der Waals surface area (Å²) >= 11 is 0. The van der Waals surface area contributed by atoms with Crippen LogP contribution in [0.4, 0.5) is 5.82 Å². The maximum absolute atomic E-state index is 13.3. The van der Waals surface area contributed by atoms with Gasteiger partial charge in [-0.25, -0.2) is 4.98 Å². The standard InChI is InChI=1S/C36H45N7O6/c1-24(44)38-20-33(46)42-13-11-32(45)39-19-27-6-5-12-43(22-27)36-28(23-41(14-15-42)21-26-9-7-25(18-37)8-10-26)16-29-30(40-36)17-31(47-2)35(49-4)34(29)48-3/h7-10,16-17,27H,5-6,11-15,19-23H2,1-4H3,(H,38,44)(H,39,45). The number of methoxy groups -OCH3 is 3. The highest BCUT2D eigenvalue weighted by atomic mass is 16.5. The number of benzene rings is 2. The van der Waals surface area contributed by atoms with Crippen molar-refractivity contribution in [2.45, 2.75) is 39.3 Å². The Kier molecular flexibility index (Phi) is 11.7. The second kappa shape index (κ2) is 16.3. The number of aromatic nitrogens is 1. The van der Waals surface area contributed by atoms with Gasteiger partial charge in [0, 0.05) is 82.7 Å². The lowest BCUT2D eigenvalue weighted by Crippen LogP contribution is -2.45. The number of amides is 3. The van der Waals surface area contributed by atoms with Crippen LogP contribution in [0.3, 0.4) is 0 Å². The summed E-state index contributed by atoms with van der Waals surface area (Å²) in [6.07, 6.45) is 2.09. The van der Waals surface area contributed by atoms with Gasteiger partial charge in [0.25, 0.3) is 0 Å². The minimum Gasteiger partial charge on any atom is -0.493 e. The summed E-state index contributed by atoms with van der Waals surface area (Å²) in [4.78, 5) is 49.3. The first-order valence-corrected chi connectivity index (χ1v) is 16.6. The minimum absolute atomic E-state index is 0.114. The first kappa shape index (κ1) is 35.2. The Balaban J connectivity index is 1.61. The maximum atomic E-state index is 13.3. The highest BCUT2D eigenvalue weighted by Crippen LogP contribution is 2.44. The van der Waals surface area contributed by atoms with Crippen LogP contribution in [0.2, 0.25) is 0 Å². The van der Waals surface area contributed by atoms with Gasteiger partial charge in [-0.15, -0.1) is 0 Å². The number of hydrogen-bond donors (Lipinski definition) is 2. The van der Waals surface area contributed by atoms with Gasteiger partial charge in [0.15, 0.2) is 11.5 Å². The number of hydrogen-bond acceptors (Lipinski definition) is 10. The van der Waals surface area contributed by atoms with Crippen LogP contribution in [-0.2, 0) is 27.5 Å². The SMILES string of the molecule is COc1cc2nc3c(cc2c(OC)c1OC)CN(Cc1ccc(C#N)cc1)CCN(C(=O)CNC(C)=O)CCC(=O)NCC1CCCN3C1. The number of fused-ring (bicyclic) bond motifs is 5. The molecule has 3 amide bonds. The highest BCUT2D eigenvalue weighted by Gasteiger charge is 2.27. The van der Waals surface area contributed by atoms with Gasteiger partial charge in [0.2, 0.25) is 23.5 Å². The molecule has 260 valence electrons. The molecular weight excluding hydrogens is 626 g/mol. The van der Waals surface area contributed by atoms with Crippen LogP contribution in [0.1, 0.15) is 42.9 Å². The molecule has 13 nitrogen and oxygen atoms in total. The zero-order valence-corrected chi connectivity index (χ0v) is 28.7. The smallest absolute Gasteiger partial charge is 0.242 e. The van der Waals surface area contributed by atoms with Gasteiger partial charge >= 0.3 is 0 Å². The van der Waals surface area contributed by atoms with Crippen LogP contribution in [0.15, 0.2) is 36.4 Å². The van der Waals surface area contributed by atoms with Crippen LogP contribution in [0.25, 0.3) is 10.9 Å². The number of nitrogens with zero attached hydrogens (tertiary/aromatic N) is 5. The van der Waals surface area contributed by atoms with Crippen LogP contribution >= 0.6 is 0 Å². The van der Waals surface area contributed by atoms with Crippen molar-refractivity contribution < 1.29 is 28.6 Å². The number of ether oxygens (including phenoxy) is 3. The van der Waals surface area contributed by atoms with E-state index in [2.05, 4.69) is 32.6 Å². The minimum atomic E-state index is -0.297. The fourth-order valence-corrected chi connectivity index (χ4v) is 6.55. The molecule has 13 heteroatoms. The molecule has 5 rings (SSSR count). The van der Waals surface area contributed by atoms with Crippen molar-refractivity contribution in [2.75, 3.05) is 72.0 Å². The van der Waals surface area contributed by atoms with Crippen molar-refractivity contribution in [1.29, 1.82) is 5.26 Å². The van der Waals surface area contributed by atoms with E-state index in [0.717, 1.165) is 48.3 Å². The molecule has 1 fully saturated rings. The van der Waals surface area contributed by atoms with E-state index in [9.17, 15) is 19.6 Å². The van der Waals surface area contributed by atoms with Gasteiger partial charge in [0.05, 0.1) is 45.0 Å². The van der Waals surface area contributed by atoms with E-state index in [0.29, 0.717) is 61.1 Å². The summed E-state index contributed by atoms with van der Waals surface area (Å²) in [7, 11) is 4.76. The van der Waals surface area contributed by atoms with Crippen molar-refractivity contribution in [3.63, 3.8) is 0 Å². The third kappa shape index (κ3) is 8.69. The maximum Gasteiger partial charge on any atom is 0.242 e. The topological polar surface area (TPSA) is 149 Å². The lowest BCUT2D eigenvalue weighted by Gasteiger charge is -2.35. The number of pyridine rings is 1. The predicted octanol–water partition coefficient (Wildman–Crippen LogP) is 2.84. The fourth-order valence-electron chi connectivity index (χ4n) is 6.55. The van der Waals surface area contributed by atoms with Gasteiger partial charge in [0.1, 0.15) is 5.82 Å². The first-order valence-electron chi connectivity index (χ1n) is 16.6. The molecule has 2 aliphatic rings. The lowest BCUT2D eigenvalue weighted by atomic mass is 9.97. The molecule has 3 aromatic rings. The van der Waals surface area contributed by atoms with Crippen molar-refractivity contribution in [1.82, 2.24) is 25.4 Å². The Morgan fingerprint density at radius 3 is 2.51 bits per heavy atom. The lowest BCUT2D eigenvalue weighted by molar-refractivity contribution is -0.133. The molecule has 1 saturated heterocycles. The Labute approximate surface area is 287 Å². The molecule has 3 heterocycles. The van der Waals surface area contributed by atoms with Crippen LogP contribution in [0.5, 0.6) is 17.2 Å². The van der Waals surface area contributed by atoms with E-state index in [1.807, 2.05) is 18.2 Å². The number of nitriles is 1. The Morgan fingerprint density at radius 2 is 1.82 bits per heavy atom. The number of carbonyl (C=O) groups excluding carboxylic acids is 3. The summed E-state index contributed by atoms with van der Waals surface area (Å²) in [5.74, 6) is 1.92. The molecule has 1 atom stereocenters. The number of piperidine rings is 1. The molecule has 0 aliphatic carbocycles. The molecule has 1 unspecified atom stereocenters. The summed E-state index contributed by atoms with van der Waals surface area (Å²) in [5.41, 5.74) is 3.26. The van der Waals surface area contributed by atoms with Gasteiger partial charge in [-0.2, -0.15) is 5.26 Å². The van der Waals surface area contributed by atoms with E-state index in [4.69, 9.17) is 19.2 Å². The van der Waals surface area contributed by atoms with E-state index in [-0.39, 0.29) is 43.1 Å². The molecule has 2 N–H and O–H groups in total. The quantitative estimate of drug-likeness (QED) is 0.384. The molecule has 1 aromatic heterocycles. The van der Waals surface area contributed by atoms with Gasteiger partial charge in [-0.1, -0.05) is 12.1 Å². The summed E-state index contributed by atoms with van der Waals surface area (Å²) < 4.78 is 17.2. The molecule has 2 bridgehead atoms. The Hall–Kier alpha value is -5.09. The summed E-state index contributed by atoms with van der Waals surface area (Å²) in [5, 5.41) is 15.8. The van der Waals surface area contributed by atoms with Gasteiger partial charge < -0.3 is 34.6 Å². The van der Waals surface area contributed by atoms with E-state index < -0.39 is 0 Å².